The van der Waals surface area contributed by atoms with Crippen LogP contribution in [0.15, 0.2) is 14.7 Å². The van der Waals surface area contributed by atoms with Crippen LogP contribution in [0.1, 0.15) is 24.1 Å². The van der Waals surface area contributed by atoms with E-state index in [-0.39, 0.29) is 11.5 Å². The molecule has 0 spiro atoms. The lowest BCUT2D eigenvalue weighted by Gasteiger charge is -2.25. The number of hydrogen-bond acceptors (Lipinski definition) is 5. The molecule has 5 nitrogen and oxygen atoms in total. The zero-order valence-corrected chi connectivity index (χ0v) is 15.0. The SMILES string of the molecule is CN1C2CCC1CN(S(=O)(=O)c1cc(CO)sc1Br)CC2. The van der Waals surface area contributed by atoms with Gasteiger partial charge in [-0.2, -0.15) is 4.31 Å². The molecule has 2 unspecified atom stereocenters. The van der Waals surface area contributed by atoms with E-state index in [1.165, 1.54) is 17.8 Å². The van der Waals surface area contributed by atoms with Gasteiger partial charge in [-0.05, 0) is 48.3 Å². The second-order valence-corrected chi connectivity index (χ2v) is 10.1. The number of nitrogens with zero attached hydrogens (tertiary/aromatic N) is 2. The quantitative estimate of drug-likeness (QED) is 0.849. The third-order valence-electron chi connectivity index (χ3n) is 4.59. The van der Waals surface area contributed by atoms with Gasteiger partial charge in [0, 0.05) is 30.1 Å². The minimum Gasteiger partial charge on any atom is -0.391 e. The molecule has 21 heavy (non-hydrogen) atoms. The summed E-state index contributed by atoms with van der Waals surface area (Å²) in [6, 6.07) is 2.41. The van der Waals surface area contributed by atoms with Gasteiger partial charge >= 0.3 is 0 Å². The molecule has 0 aliphatic carbocycles. The van der Waals surface area contributed by atoms with Crippen LogP contribution in [0.4, 0.5) is 0 Å². The smallest absolute Gasteiger partial charge is 0.245 e. The molecule has 2 saturated heterocycles. The topological polar surface area (TPSA) is 60.9 Å². The average Bonchev–Trinajstić information content (AvgIpc) is 2.90. The summed E-state index contributed by atoms with van der Waals surface area (Å²) in [5.74, 6) is 0. The Balaban J connectivity index is 1.89. The Morgan fingerprint density at radius 1 is 1.38 bits per heavy atom. The molecule has 2 fully saturated rings. The van der Waals surface area contributed by atoms with E-state index in [1.807, 2.05) is 0 Å². The minimum atomic E-state index is -3.49. The molecule has 1 aromatic rings. The van der Waals surface area contributed by atoms with Gasteiger partial charge < -0.3 is 5.11 Å². The molecular weight excluding hydrogens is 376 g/mol. The Hall–Kier alpha value is 0.01000. The number of aliphatic hydroxyl groups is 1. The summed E-state index contributed by atoms with van der Waals surface area (Å²) >= 11 is 4.60. The maximum Gasteiger partial charge on any atom is 0.245 e. The number of fused-ring (bicyclic) bond motifs is 2. The molecule has 2 bridgehead atoms. The van der Waals surface area contributed by atoms with E-state index in [0.717, 1.165) is 12.8 Å². The number of rotatable bonds is 3. The number of hydrogen-bond donors (Lipinski definition) is 1. The molecule has 0 amide bonds. The molecule has 3 rings (SSSR count). The highest BCUT2D eigenvalue weighted by Gasteiger charge is 2.39. The molecule has 118 valence electrons. The van der Waals surface area contributed by atoms with Crippen molar-refractivity contribution < 1.29 is 13.5 Å². The molecule has 2 aliphatic heterocycles. The van der Waals surface area contributed by atoms with Crippen LogP contribution < -0.4 is 0 Å². The van der Waals surface area contributed by atoms with Crippen molar-refractivity contribution in [3.05, 3.63) is 14.7 Å². The summed E-state index contributed by atoms with van der Waals surface area (Å²) in [6.07, 6.45) is 3.13. The van der Waals surface area contributed by atoms with Crippen molar-refractivity contribution in [3.8, 4) is 0 Å². The second kappa shape index (κ2) is 5.90. The van der Waals surface area contributed by atoms with Crippen molar-refractivity contribution in [2.75, 3.05) is 20.1 Å². The third kappa shape index (κ3) is 2.82. The molecule has 2 aliphatic rings. The maximum absolute atomic E-state index is 12.9. The second-order valence-electron chi connectivity index (χ2n) is 5.71. The van der Waals surface area contributed by atoms with Gasteiger partial charge in [0.15, 0.2) is 0 Å². The molecule has 1 N–H and O–H groups in total. The molecule has 0 radical (unpaired) electrons. The van der Waals surface area contributed by atoms with E-state index in [0.29, 0.717) is 33.8 Å². The normalized spacial score (nSPS) is 28.0. The largest absolute Gasteiger partial charge is 0.391 e. The monoisotopic (exact) mass is 394 g/mol. The number of halogens is 1. The first-order valence-electron chi connectivity index (χ1n) is 7.04. The molecule has 0 aromatic carbocycles. The van der Waals surface area contributed by atoms with Crippen molar-refractivity contribution in [1.82, 2.24) is 9.21 Å². The first-order chi connectivity index (χ1) is 9.93. The Labute approximate surface area is 137 Å². The van der Waals surface area contributed by atoms with Gasteiger partial charge in [-0.3, -0.25) is 4.90 Å². The van der Waals surface area contributed by atoms with Crippen LogP contribution in [-0.4, -0.2) is 55.0 Å². The fourth-order valence-electron chi connectivity index (χ4n) is 3.29. The highest BCUT2D eigenvalue weighted by atomic mass is 79.9. The van der Waals surface area contributed by atoms with Crippen LogP contribution >= 0.6 is 27.3 Å². The predicted octanol–water partition coefficient (Wildman–Crippen LogP) is 1.86. The predicted molar refractivity (Wildman–Crippen MR) is 85.9 cm³/mol. The lowest BCUT2D eigenvalue weighted by Crippen LogP contribution is -2.39. The highest BCUT2D eigenvalue weighted by molar-refractivity contribution is 9.11. The zero-order chi connectivity index (χ0) is 15.2. The van der Waals surface area contributed by atoms with E-state index < -0.39 is 10.0 Å². The minimum absolute atomic E-state index is 0.133. The van der Waals surface area contributed by atoms with Gasteiger partial charge in [-0.25, -0.2) is 8.42 Å². The van der Waals surface area contributed by atoms with Crippen molar-refractivity contribution in [2.45, 2.75) is 42.8 Å². The van der Waals surface area contributed by atoms with Gasteiger partial charge in [-0.15, -0.1) is 11.3 Å². The van der Waals surface area contributed by atoms with Crippen LogP contribution in [0.3, 0.4) is 0 Å². The van der Waals surface area contributed by atoms with Gasteiger partial charge in [-0.1, -0.05) is 0 Å². The van der Waals surface area contributed by atoms with E-state index >= 15 is 0 Å². The van der Waals surface area contributed by atoms with Gasteiger partial charge in [0.25, 0.3) is 0 Å². The van der Waals surface area contributed by atoms with E-state index in [9.17, 15) is 13.5 Å². The van der Waals surface area contributed by atoms with Crippen molar-refractivity contribution in [2.24, 2.45) is 0 Å². The Morgan fingerprint density at radius 2 is 2.10 bits per heavy atom. The highest BCUT2D eigenvalue weighted by Crippen LogP contribution is 2.36. The molecule has 8 heteroatoms. The Morgan fingerprint density at radius 3 is 2.76 bits per heavy atom. The van der Waals surface area contributed by atoms with E-state index in [2.05, 4.69) is 27.9 Å². The lowest BCUT2D eigenvalue weighted by atomic mass is 10.1. The fourth-order valence-corrected chi connectivity index (χ4v) is 7.27. The van der Waals surface area contributed by atoms with Gasteiger partial charge in [0.05, 0.1) is 10.4 Å². The summed E-state index contributed by atoms with van der Waals surface area (Å²) in [5, 5.41) is 9.19. The summed E-state index contributed by atoms with van der Waals surface area (Å²) in [6.45, 7) is 1.00. The molecule has 1 aromatic heterocycles. The summed E-state index contributed by atoms with van der Waals surface area (Å²) in [5.41, 5.74) is 0. The zero-order valence-electron chi connectivity index (χ0n) is 11.8. The number of aliphatic hydroxyl groups excluding tert-OH is 1. The molecule has 3 heterocycles. The third-order valence-corrected chi connectivity index (χ3v) is 8.69. The van der Waals surface area contributed by atoms with Crippen LogP contribution in [0, 0.1) is 0 Å². The average molecular weight is 395 g/mol. The van der Waals surface area contributed by atoms with Crippen molar-refractivity contribution >= 4 is 37.3 Å². The first kappa shape index (κ1) is 15.9. The van der Waals surface area contributed by atoms with Crippen molar-refractivity contribution in [3.63, 3.8) is 0 Å². The van der Waals surface area contributed by atoms with Crippen LogP contribution in [-0.2, 0) is 16.6 Å². The van der Waals surface area contributed by atoms with E-state index in [4.69, 9.17) is 0 Å². The number of sulfonamides is 1. The van der Waals surface area contributed by atoms with E-state index in [1.54, 1.807) is 10.4 Å². The maximum atomic E-state index is 12.9. The van der Waals surface area contributed by atoms with Gasteiger partial charge in [0.1, 0.15) is 4.90 Å². The summed E-state index contributed by atoms with van der Waals surface area (Å²) in [7, 11) is -1.39. The van der Waals surface area contributed by atoms with Crippen LogP contribution in [0.25, 0.3) is 0 Å². The standard InChI is InChI=1S/C13H19BrN2O3S2/c1-15-9-2-3-10(15)7-16(5-4-9)21(18,19)12-6-11(8-17)20-13(12)14/h6,9-10,17H,2-5,7-8H2,1H3. The van der Waals surface area contributed by atoms with Crippen LogP contribution in [0.2, 0.25) is 0 Å². The Kier molecular flexibility index (Phi) is 4.46. The van der Waals surface area contributed by atoms with Crippen molar-refractivity contribution in [1.29, 1.82) is 0 Å². The fraction of sp³-hybridized carbons (Fsp3) is 0.692. The summed E-state index contributed by atoms with van der Waals surface area (Å²) in [4.78, 5) is 3.28. The first-order valence-corrected chi connectivity index (χ1v) is 10.1. The van der Waals surface area contributed by atoms with Gasteiger partial charge in [0.2, 0.25) is 10.0 Å². The summed E-state index contributed by atoms with van der Waals surface area (Å²) < 4.78 is 27.9. The molecule has 2 atom stereocenters. The number of thiophene rings is 1. The molecule has 0 saturated carbocycles. The lowest BCUT2D eigenvalue weighted by molar-refractivity contribution is 0.246. The van der Waals surface area contributed by atoms with Crippen LogP contribution in [0.5, 0.6) is 0 Å². The number of likely N-dealkylation sites (N-methyl/N-ethyl adjacent to an activating group) is 1. The Bertz CT molecular complexity index is 631. The molecular formula is C13H19BrN2O3S2.